The van der Waals surface area contributed by atoms with Crippen molar-refractivity contribution in [2.24, 2.45) is 0 Å². The molecule has 0 aliphatic carbocycles. The van der Waals surface area contributed by atoms with E-state index in [9.17, 15) is 14.7 Å². The summed E-state index contributed by atoms with van der Waals surface area (Å²) >= 11 is 7.50. The van der Waals surface area contributed by atoms with Gasteiger partial charge in [-0.15, -0.1) is 11.3 Å². The maximum absolute atomic E-state index is 13.2. The number of hydrogen-bond acceptors (Lipinski definition) is 5. The first-order chi connectivity index (χ1) is 16.4. The van der Waals surface area contributed by atoms with Gasteiger partial charge in [0.15, 0.2) is 0 Å². The number of carbonyl (C=O) groups is 2. The van der Waals surface area contributed by atoms with Crippen LogP contribution in [0.2, 0.25) is 4.34 Å². The maximum Gasteiger partial charge on any atom is 0.255 e. The van der Waals surface area contributed by atoms with E-state index in [4.69, 9.17) is 11.6 Å². The van der Waals surface area contributed by atoms with Gasteiger partial charge >= 0.3 is 0 Å². The molecule has 1 atom stereocenters. The number of halogens is 1. The summed E-state index contributed by atoms with van der Waals surface area (Å²) in [6.45, 7) is 5.60. The smallest absolute Gasteiger partial charge is 0.255 e. The summed E-state index contributed by atoms with van der Waals surface area (Å²) in [5.41, 5.74) is 4.87. The molecule has 1 fully saturated rings. The van der Waals surface area contributed by atoms with Crippen LogP contribution >= 0.6 is 22.9 Å². The Labute approximate surface area is 207 Å². The first-order valence-electron chi connectivity index (χ1n) is 11.1. The number of rotatable bonds is 6. The molecule has 2 aliphatic heterocycles. The molecule has 0 spiro atoms. The van der Waals surface area contributed by atoms with E-state index in [0.717, 1.165) is 39.5 Å². The fourth-order valence-electron chi connectivity index (χ4n) is 4.49. The van der Waals surface area contributed by atoms with E-state index in [1.54, 1.807) is 9.80 Å². The van der Waals surface area contributed by atoms with E-state index in [2.05, 4.69) is 11.9 Å². The second-order valence-corrected chi connectivity index (χ2v) is 10.2. The molecule has 5 rings (SSSR count). The minimum atomic E-state index is -0.946. The van der Waals surface area contributed by atoms with Gasteiger partial charge in [0.1, 0.15) is 6.10 Å². The number of aliphatic hydroxyl groups excluding tert-OH is 1. The Bertz CT molecular complexity index is 1290. The zero-order valence-corrected chi connectivity index (χ0v) is 20.0. The summed E-state index contributed by atoms with van der Waals surface area (Å²) in [5, 5.41) is 13.3. The number of hydrogen-bond donors (Lipinski definition) is 2. The zero-order valence-electron chi connectivity index (χ0n) is 18.5. The van der Waals surface area contributed by atoms with E-state index in [1.165, 1.54) is 11.3 Å². The molecule has 1 aromatic heterocycles. The van der Waals surface area contributed by atoms with Gasteiger partial charge in [-0.05, 0) is 54.8 Å². The van der Waals surface area contributed by atoms with E-state index in [0.29, 0.717) is 36.0 Å². The van der Waals surface area contributed by atoms with Gasteiger partial charge in [-0.3, -0.25) is 9.59 Å². The average molecular weight is 494 g/mol. The minimum absolute atomic E-state index is 0.0293. The van der Waals surface area contributed by atoms with Crippen LogP contribution in [-0.4, -0.2) is 34.5 Å². The first kappa shape index (κ1) is 22.7. The van der Waals surface area contributed by atoms with Gasteiger partial charge in [0, 0.05) is 47.8 Å². The molecule has 0 radical (unpaired) electrons. The molecule has 8 heteroatoms. The first-order valence-corrected chi connectivity index (χ1v) is 12.3. The van der Waals surface area contributed by atoms with Gasteiger partial charge in [0.25, 0.3) is 11.8 Å². The SMILES string of the molecule is C=C(Nc1cccc2c1CN(Cc1cccc(N3CCCC(O)C3=O)c1)C2=O)c1ccc(Cl)s1. The van der Waals surface area contributed by atoms with Crippen molar-refractivity contribution in [3.63, 3.8) is 0 Å². The molecular weight excluding hydrogens is 470 g/mol. The van der Waals surface area contributed by atoms with Gasteiger partial charge in [0.05, 0.1) is 9.21 Å². The second-order valence-electron chi connectivity index (χ2n) is 8.52. The van der Waals surface area contributed by atoms with Crippen LogP contribution in [0.25, 0.3) is 5.70 Å². The van der Waals surface area contributed by atoms with E-state index < -0.39 is 6.10 Å². The third-order valence-corrected chi connectivity index (χ3v) is 7.50. The lowest BCUT2D eigenvalue weighted by atomic mass is 10.1. The maximum atomic E-state index is 13.2. The quantitative estimate of drug-likeness (QED) is 0.499. The van der Waals surface area contributed by atoms with Crippen molar-refractivity contribution in [3.8, 4) is 0 Å². The van der Waals surface area contributed by atoms with Gasteiger partial charge in [0.2, 0.25) is 0 Å². The molecule has 3 aromatic rings. The lowest BCUT2D eigenvalue weighted by molar-refractivity contribution is -0.128. The number of benzene rings is 2. The number of thiophene rings is 1. The molecule has 0 saturated carbocycles. The third kappa shape index (κ3) is 4.34. The lowest BCUT2D eigenvalue weighted by Gasteiger charge is -2.30. The minimum Gasteiger partial charge on any atom is -0.383 e. The monoisotopic (exact) mass is 493 g/mol. The number of amides is 2. The molecule has 6 nitrogen and oxygen atoms in total. The Balaban J connectivity index is 1.33. The van der Waals surface area contributed by atoms with Crippen LogP contribution in [0.1, 0.15) is 39.2 Å². The Kier molecular flexibility index (Phi) is 6.16. The van der Waals surface area contributed by atoms with Crippen LogP contribution in [0.5, 0.6) is 0 Å². The third-order valence-electron chi connectivity index (χ3n) is 6.20. The number of nitrogens with one attached hydrogen (secondary N) is 1. The van der Waals surface area contributed by atoms with Crippen molar-refractivity contribution in [1.82, 2.24) is 4.90 Å². The van der Waals surface area contributed by atoms with Crippen LogP contribution in [0.15, 0.2) is 61.2 Å². The highest BCUT2D eigenvalue weighted by Gasteiger charge is 2.31. The summed E-state index contributed by atoms with van der Waals surface area (Å²) in [7, 11) is 0. The second kappa shape index (κ2) is 9.25. The summed E-state index contributed by atoms with van der Waals surface area (Å²) < 4.78 is 0.695. The number of aliphatic hydroxyl groups is 1. The average Bonchev–Trinajstić information content (AvgIpc) is 3.40. The fraction of sp³-hybridized carbons (Fsp3) is 0.231. The highest BCUT2D eigenvalue weighted by atomic mass is 35.5. The van der Waals surface area contributed by atoms with Gasteiger partial charge in [-0.2, -0.15) is 0 Å². The Morgan fingerprint density at radius 2 is 2.00 bits per heavy atom. The lowest BCUT2D eigenvalue weighted by Crippen LogP contribution is -2.44. The van der Waals surface area contributed by atoms with Crippen molar-refractivity contribution >= 4 is 51.8 Å². The van der Waals surface area contributed by atoms with Crippen molar-refractivity contribution in [3.05, 3.63) is 87.1 Å². The van der Waals surface area contributed by atoms with Crippen LogP contribution in [0.4, 0.5) is 11.4 Å². The number of piperidine rings is 1. The summed E-state index contributed by atoms with van der Waals surface area (Å²) in [4.78, 5) is 29.9. The predicted molar refractivity (Wildman–Crippen MR) is 136 cm³/mol. The van der Waals surface area contributed by atoms with Gasteiger partial charge in [-0.25, -0.2) is 0 Å². The zero-order chi connectivity index (χ0) is 23.8. The van der Waals surface area contributed by atoms with Crippen molar-refractivity contribution in [2.45, 2.75) is 32.0 Å². The van der Waals surface area contributed by atoms with Crippen LogP contribution in [0, 0.1) is 0 Å². The number of fused-ring (bicyclic) bond motifs is 1. The molecule has 1 unspecified atom stereocenters. The van der Waals surface area contributed by atoms with E-state index >= 15 is 0 Å². The molecule has 2 amide bonds. The summed E-state index contributed by atoms with van der Waals surface area (Å²) in [6, 6.07) is 17.0. The summed E-state index contributed by atoms with van der Waals surface area (Å²) in [5.74, 6) is -0.297. The highest BCUT2D eigenvalue weighted by Crippen LogP contribution is 2.34. The Morgan fingerprint density at radius 1 is 1.18 bits per heavy atom. The molecule has 174 valence electrons. The molecule has 2 N–H and O–H groups in total. The Hall–Kier alpha value is -3.13. The van der Waals surface area contributed by atoms with E-state index in [-0.39, 0.29) is 11.8 Å². The van der Waals surface area contributed by atoms with Crippen molar-refractivity contribution < 1.29 is 14.7 Å². The van der Waals surface area contributed by atoms with Gasteiger partial charge < -0.3 is 20.2 Å². The largest absolute Gasteiger partial charge is 0.383 e. The molecular formula is C26H24ClN3O3S. The normalized spacial score (nSPS) is 17.8. The van der Waals surface area contributed by atoms with Crippen LogP contribution in [-0.2, 0) is 17.9 Å². The molecule has 3 heterocycles. The molecule has 0 bridgehead atoms. The molecule has 1 saturated heterocycles. The Morgan fingerprint density at radius 3 is 2.79 bits per heavy atom. The fourth-order valence-corrected chi connectivity index (χ4v) is 5.46. The van der Waals surface area contributed by atoms with Crippen LogP contribution in [0.3, 0.4) is 0 Å². The topological polar surface area (TPSA) is 72.9 Å². The number of anilines is 2. The number of carbonyl (C=O) groups excluding carboxylic acids is 2. The summed E-state index contributed by atoms with van der Waals surface area (Å²) in [6.07, 6.45) is 0.311. The molecule has 34 heavy (non-hydrogen) atoms. The predicted octanol–water partition coefficient (Wildman–Crippen LogP) is 5.13. The van der Waals surface area contributed by atoms with Crippen molar-refractivity contribution in [1.29, 1.82) is 0 Å². The molecule has 2 aromatic carbocycles. The highest BCUT2D eigenvalue weighted by molar-refractivity contribution is 7.17. The van der Waals surface area contributed by atoms with E-state index in [1.807, 2.05) is 54.6 Å². The molecule has 2 aliphatic rings. The number of nitrogens with zero attached hydrogens (tertiary/aromatic N) is 2. The van der Waals surface area contributed by atoms with Gasteiger partial charge in [-0.1, -0.05) is 36.4 Å². The van der Waals surface area contributed by atoms with Crippen LogP contribution < -0.4 is 10.2 Å². The van der Waals surface area contributed by atoms with Crippen molar-refractivity contribution in [2.75, 3.05) is 16.8 Å². The standard InChI is InChI=1S/C26H24ClN3O3S/c1-16(23-10-11-24(27)34-23)28-21-8-3-7-19-20(21)15-29(25(19)32)14-17-5-2-6-18(13-17)30-12-4-9-22(31)26(30)33/h2-3,5-8,10-11,13,22,28,31H,1,4,9,12,14-15H2.